The summed E-state index contributed by atoms with van der Waals surface area (Å²) in [6.45, 7) is 6.81. The van der Waals surface area contributed by atoms with Crippen LogP contribution in [0, 0.1) is 17.8 Å². The van der Waals surface area contributed by atoms with Gasteiger partial charge in [0.1, 0.15) is 18.1 Å². The van der Waals surface area contributed by atoms with Crippen molar-refractivity contribution in [3.05, 3.63) is 85.1 Å². The summed E-state index contributed by atoms with van der Waals surface area (Å²) in [5.74, 6) is -6.51. The summed E-state index contributed by atoms with van der Waals surface area (Å²) in [5.41, 5.74) is 6.03. The lowest BCUT2D eigenvalue weighted by Crippen LogP contribution is -2.61. The van der Waals surface area contributed by atoms with Gasteiger partial charge in [0.25, 0.3) is 0 Å². The number of carboxylic acid groups (broad SMARTS) is 1. The molecule has 2 fully saturated rings. The Bertz CT molecular complexity index is 1630. The largest absolute Gasteiger partial charge is 0.481 e. The van der Waals surface area contributed by atoms with Crippen LogP contribution in [0.1, 0.15) is 85.5 Å². The minimum absolute atomic E-state index is 0.0524. The topological polar surface area (TPSA) is 299 Å². The van der Waals surface area contributed by atoms with Crippen molar-refractivity contribution in [2.24, 2.45) is 23.5 Å². The van der Waals surface area contributed by atoms with Crippen LogP contribution in [0.3, 0.4) is 0 Å². The molecule has 0 aromatic heterocycles. The first kappa shape index (κ1) is 54.9. The predicted molar refractivity (Wildman–Crippen MR) is 236 cm³/mol. The van der Waals surface area contributed by atoms with E-state index in [4.69, 9.17) is 24.7 Å². The molecule has 2 saturated heterocycles. The van der Waals surface area contributed by atoms with Crippen molar-refractivity contribution in [3.63, 3.8) is 0 Å². The second-order valence-electron chi connectivity index (χ2n) is 17.4. The Hall–Kier alpha value is -3.40. The monoisotopic (exact) mass is 907 g/mol. The van der Waals surface area contributed by atoms with Crippen molar-refractivity contribution in [3.8, 4) is 0 Å². The smallest absolute Gasteiger partial charge is 0.311 e. The van der Waals surface area contributed by atoms with Crippen LogP contribution in [0.4, 0.5) is 0 Å². The molecule has 0 spiro atoms. The quantitative estimate of drug-likeness (QED) is 0.180. The number of carbonyl (C=O) groups excluding carboxylic acids is 1. The lowest BCUT2D eigenvalue weighted by molar-refractivity contribution is -0.308. The summed E-state index contributed by atoms with van der Waals surface area (Å²) in [7, 11) is 0. The van der Waals surface area contributed by atoms with Gasteiger partial charge in [-0.15, -0.1) is 0 Å². The summed E-state index contributed by atoms with van der Waals surface area (Å²) in [4.78, 5) is 25.1. The van der Waals surface area contributed by atoms with Crippen molar-refractivity contribution >= 4 is 11.9 Å². The van der Waals surface area contributed by atoms with E-state index < -0.39 is 134 Å². The first-order chi connectivity index (χ1) is 30.2. The summed E-state index contributed by atoms with van der Waals surface area (Å²) >= 11 is 0. The zero-order valence-corrected chi connectivity index (χ0v) is 37.3. The molecule has 3 rings (SSSR count). The fourth-order valence-corrected chi connectivity index (χ4v) is 8.00. The molecule has 3 heterocycles. The lowest BCUT2D eigenvalue weighted by atomic mass is 9.83. The summed E-state index contributed by atoms with van der Waals surface area (Å²) in [6, 6.07) is -1.12. The van der Waals surface area contributed by atoms with Crippen LogP contribution < -0.4 is 5.73 Å². The lowest BCUT2D eigenvalue weighted by Gasteiger charge is -2.45. The van der Waals surface area contributed by atoms with Gasteiger partial charge in [0.05, 0.1) is 73.5 Å². The average Bonchev–Trinajstić information content (AvgIpc) is 3.20. The highest BCUT2D eigenvalue weighted by Crippen LogP contribution is 2.38. The molecule has 0 aromatic carbocycles. The Morgan fingerprint density at radius 2 is 1.23 bits per heavy atom. The van der Waals surface area contributed by atoms with Gasteiger partial charge in [0.15, 0.2) is 12.1 Å². The molecule has 0 radical (unpaired) electrons. The van der Waals surface area contributed by atoms with Gasteiger partial charge in [-0.05, 0) is 46.0 Å². The number of aliphatic carboxylic acids is 1. The maximum Gasteiger partial charge on any atom is 0.311 e. The van der Waals surface area contributed by atoms with Crippen LogP contribution in [0.15, 0.2) is 85.1 Å². The maximum atomic E-state index is 12.6. The molecule has 0 aromatic rings. The second-order valence-corrected chi connectivity index (χ2v) is 17.4. The molecule has 18 atom stereocenters. The molecular weight excluding hydrogens is 835 g/mol. The fourth-order valence-electron chi connectivity index (χ4n) is 8.00. The van der Waals surface area contributed by atoms with Crippen LogP contribution in [0.2, 0.25) is 0 Å². The minimum Gasteiger partial charge on any atom is -0.481 e. The number of ether oxygens (including phenoxy) is 4. The third kappa shape index (κ3) is 18.5. The number of cyclic esters (lactones) is 1. The molecule has 12 N–H and O–H groups in total. The van der Waals surface area contributed by atoms with Gasteiger partial charge in [0, 0.05) is 31.1 Å². The Labute approximate surface area is 376 Å². The number of allylic oxidation sites excluding steroid dienone is 12. The number of fused-ring (bicyclic) bond motifs is 2. The van der Waals surface area contributed by atoms with Crippen molar-refractivity contribution in [2.75, 3.05) is 0 Å². The molecule has 0 amide bonds. The molecule has 2 bridgehead atoms. The number of carbonyl (C=O) groups is 2. The van der Waals surface area contributed by atoms with E-state index >= 15 is 0 Å². The highest BCUT2D eigenvalue weighted by molar-refractivity contribution is 5.71. The van der Waals surface area contributed by atoms with E-state index in [1.807, 2.05) is 43.4 Å². The number of nitrogens with two attached hydrogens (primary N) is 1. The van der Waals surface area contributed by atoms with Crippen molar-refractivity contribution in [1.82, 2.24) is 0 Å². The van der Waals surface area contributed by atoms with Crippen LogP contribution in [0.5, 0.6) is 0 Å². The van der Waals surface area contributed by atoms with Gasteiger partial charge in [-0.2, -0.15) is 0 Å². The van der Waals surface area contributed by atoms with Crippen LogP contribution >= 0.6 is 0 Å². The summed E-state index contributed by atoms with van der Waals surface area (Å²) < 4.78 is 23.2. The zero-order chi connectivity index (χ0) is 47.6. The number of esters is 1. The number of carboxylic acids is 1. The average molecular weight is 908 g/mol. The van der Waals surface area contributed by atoms with E-state index in [-0.39, 0.29) is 44.4 Å². The second kappa shape index (κ2) is 27.3. The Morgan fingerprint density at radius 1 is 0.688 bits per heavy atom. The Kier molecular flexibility index (Phi) is 23.4. The molecule has 6 unspecified atom stereocenters. The van der Waals surface area contributed by atoms with Gasteiger partial charge in [-0.1, -0.05) is 98.9 Å². The Morgan fingerprint density at radius 3 is 1.83 bits per heavy atom. The van der Waals surface area contributed by atoms with Gasteiger partial charge in [0.2, 0.25) is 0 Å². The first-order valence-corrected chi connectivity index (χ1v) is 22.2. The van der Waals surface area contributed by atoms with Crippen molar-refractivity contribution in [2.45, 2.75) is 177 Å². The van der Waals surface area contributed by atoms with E-state index in [9.17, 15) is 60.7 Å². The van der Waals surface area contributed by atoms with Crippen molar-refractivity contribution in [1.29, 1.82) is 0 Å². The molecule has 64 heavy (non-hydrogen) atoms. The van der Waals surface area contributed by atoms with Crippen LogP contribution in [0.25, 0.3) is 0 Å². The molecule has 17 nitrogen and oxygen atoms in total. The molecule has 3 aliphatic heterocycles. The highest BCUT2D eigenvalue weighted by atomic mass is 16.7. The number of aliphatic hydroxyl groups is 9. The SMILES string of the molecule is CC1OC(O[C@H]2/C=C/C=C/C=C/C=C/C=C/C=C/C=C/[C@H](C)[C@@H](O)[C@@H](C)[C@H](C)OC(=O)C[C@H](O)C[C@H](O)C[C@H](O)CCC[C@H](O)C[C@]3(O)C[C@H](O)[C@@H](C(=O)O)C(C2)O3)C(O)C(N)C1O. The number of hydrogen-bond acceptors (Lipinski definition) is 16. The van der Waals surface area contributed by atoms with E-state index in [1.54, 1.807) is 69.4 Å². The van der Waals surface area contributed by atoms with Crippen LogP contribution in [-0.2, 0) is 28.5 Å². The molecule has 362 valence electrons. The van der Waals surface area contributed by atoms with Gasteiger partial charge < -0.3 is 75.7 Å². The predicted octanol–water partition coefficient (Wildman–Crippen LogP) is 1.74. The fraction of sp³-hybridized carbons (Fsp3) is 0.660. The first-order valence-electron chi connectivity index (χ1n) is 22.2. The standard InChI is InChI=1S/C47H73NO16/c1-28-18-15-13-11-9-7-5-6-8-10-12-14-16-21-36(63-46-44(57)41(48)43(56)31(4)62-46)25-38-40(45(58)59)37(53)27-47(60,64-38)26-33(50)20-17-19-32(49)22-34(51)23-35(52)24-39(54)61-30(3)29(2)42(28)55/h5-16,18,21,28-38,40-44,46,49-53,55-57,60H,17,19-20,22-27,48H2,1-4H3,(H,58,59)/b6-5+,9-7+,10-8+,13-11+,14-12+,18-15+,21-16+/t28-,29-,30-,31?,32+,33-,34+,35+,36-,37-,38?,40+,41?,42+,43?,44?,46?,47+/m0/s1. The van der Waals surface area contributed by atoms with E-state index in [0.717, 1.165) is 0 Å². The molecular formula is C47H73NO16. The number of aliphatic hydroxyl groups excluding tert-OH is 8. The van der Waals surface area contributed by atoms with E-state index in [1.165, 1.54) is 0 Å². The number of hydrogen-bond donors (Lipinski definition) is 11. The summed E-state index contributed by atoms with van der Waals surface area (Å²) in [5, 5.41) is 107. The van der Waals surface area contributed by atoms with Gasteiger partial charge in [-0.25, -0.2) is 0 Å². The van der Waals surface area contributed by atoms with Crippen LogP contribution in [-0.4, -0.2) is 154 Å². The third-order valence-electron chi connectivity index (χ3n) is 11.9. The molecule has 0 saturated carbocycles. The third-order valence-corrected chi connectivity index (χ3v) is 11.9. The molecule has 17 heteroatoms. The normalized spacial score (nSPS) is 44.8. The highest BCUT2D eigenvalue weighted by Gasteiger charge is 2.50. The zero-order valence-electron chi connectivity index (χ0n) is 37.3. The van der Waals surface area contributed by atoms with E-state index in [0.29, 0.717) is 0 Å². The van der Waals surface area contributed by atoms with Crippen molar-refractivity contribution < 1.29 is 79.6 Å². The summed E-state index contributed by atoms with van der Waals surface area (Å²) in [6.07, 6.45) is 7.94. The van der Waals surface area contributed by atoms with Gasteiger partial charge >= 0.3 is 11.9 Å². The van der Waals surface area contributed by atoms with Gasteiger partial charge in [-0.3, -0.25) is 9.59 Å². The molecule has 0 aliphatic carbocycles. The Balaban J connectivity index is 1.83. The molecule has 3 aliphatic rings. The minimum atomic E-state index is -2.18. The van der Waals surface area contributed by atoms with E-state index in [2.05, 4.69) is 0 Å². The number of rotatable bonds is 3. The maximum absolute atomic E-state index is 12.6.